The van der Waals surface area contributed by atoms with Gasteiger partial charge in [-0.15, -0.1) is 0 Å². The Morgan fingerprint density at radius 1 is 1.45 bits per heavy atom. The van der Waals surface area contributed by atoms with Crippen molar-refractivity contribution < 1.29 is 9.53 Å². The minimum absolute atomic E-state index is 0.0903. The monoisotopic (exact) mass is 274 g/mol. The summed E-state index contributed by atoms with van der Waals surface area (Å²) < 4.78 is 5.49. The maximum absolute atomic E-state index is 12.5. The fraction of sp³-hybridized carbons (Fsp3) is 0.562. The first-order chi connectivity index (χ1) is 9.66. The standard InChI is InChI=1S/C16H22N2O2/c1-16(9-4-10-20-11-16)18-15(19)14-8-7-12-5-2-3-6-13(12)17-14/h2-3,5-6,14,17H,4,7-11H2,1H3,(H,18,19). The number of nitrogens with one attached hydrogen (secondary N) is 2. The van der Waals surface area contributed by atoms with Crippen LogP contribution < -0.4 is 10.6 Å². The highest BCUT2D eigenvalue weighted by Crippen LogP contribution is 2.25. The molecule has 20 heavy (non-hydrogen) atoms. The molecule has 2 unspecified atom stereocenters. The second kappa shape index (κ2) is 5.44. The predicted molar refractivity (Wildman–Crippen MR) is 78.8 cm³/mol. The zero-order chi connectivity index (χ0) is 14.0. The molecule has 2 atom stereocenters. The number of rotatable bonds is 2. The first-order valence-corrected chi connectivity index (χ1v) is 7.41. The summed E-state index contributed by atoms with van der Waals surface area (Å²) in [4.78, 5) is 12.5. The van der Waals surface area contributed by atoms with Crippen LogP contribution in [0.15, 0.2) is 24.3 Å². The average molecular weight is 274 g/mol. The third kappa shape index (κ3) is 2.80. The van der Waals surface area contributed by atoms with Gasteiger partial charge in [0.15, 0.2) is 0 Å². The van der Waals surface area contributed by atoms with Crippen LogP contribution >= 0.6 is 0 Å². The van der Waals surface area contributed by atoms with Gasteiger partial charge in [0.25, 0.3) is 0 Å². The Labute approximate surface area is 119 Å². The van der Waals surface area contributed by atoms with Gasteiger partial charge in [-0.2, -0.15) is 0 Å². The number of fused-ring (bicyclic) bond motifs is 1. The summed E-state index contributed by atoms with van der Waals surface area (Å²) in [5.74, 6) is 0.0903. The molecule has 0 radical (unpaired) electrons. The number of carbonyl (C=O) groups excluding carboxylic acids is 1. The van der Waals surface area contributed by atoms with Crippen LogP contribution in [-0.4, -0.2) is 30.7 Å². The van der Waals surface area contributed by atoms with E-state index in [1.807, 2.05) is 18.2 Å². The Balaban J connectivity index is 1.64. The summed E-state index contributed by atoms with van der Waals surface area (Å²) in [7, 11) is 0. The van der Waals surface area contributed by atoms with Gasteiger partial charge in [0, 0.05) is 12.3 Å². The third-order valence-electron chi connectivity index (χ3n) is 4.23. The van der Waals surface area contributed by atoms with Crippen molar-refractivity contribution in [3.05, 3.63) is 29.8 Å². The molecule has 0 spiro atoms. The number of amides is 1. The van der Waals surface area contributed by atoms with E-state index in [1.54, 1.807) is 0 Å². The number of hydrogen-bond donors (Lipinski definition) is 2. The molecule has 0 aliphatic carbocycles. The fourth-order valence-corrected chi connectivity index (χ4v) is 3.05. The predicted octanol–water partition coefficient (Wildman–Crippen LogP) is 2.10. The van der Waals surface area contributed by atoms with E-state index < -0.39 is 0 Å². The summed E-state index contributed by atoms with van der Waals surface area (Å²) in [5, 5.41) is 6.52. The van der Waals surface area contributed by atoms with Crippen molar-refractivity contribution in [1.82, 2.24) is 5.32 Å². The molecule has 2 aliphatic heterocycles. The SMILES string of the molecule is CC1(NC(=O)C2CCc3ccccc3N2)CCCOC1. The topological polar surface area (TPSA) is 50.4 Å². The molecule has 0 aromatic heterocycles. The van der Waals surface area contributed by atoms with Gasteiger partial charge in [-0.05, 0) is 44.2 Å². The molecule has 2 aliphatic rings. The van der Waals surface area contributed by atoms with Gasteiger partial charge in [0.1, 0.15) is 6.04 Å². The normalized spacial score (nSPS) is 29.1. The Bertz CT molecular complexity index is 495. The Morgan fingerprint density at radius 3 is 3.10 bits per heavy atom. The van der Waals surface area contributed by atoms with E-state index in [9.17, 15) is 4.79 Å². The number of anilines is 1. The maximum atomic E-state index is 12.5. The van der Waals surface area contributed by atoms with Crippen LogP contribution in [0.2, 0.25) is 0 Å². The lowest BCUT2D eigenvalue weighted by Gasteiger charge is -2.36. The van der Waals surface area contributed by atoms with Crippen LogP contribution in [0.4, 0.5) is 5.69 Å². The van der Waals surface area contributed by atoms with Crippen molar-refractivity contribution in [2.75, 3.05) is 18.5 Å². The van der Waals surface area contributed by atoms with Gasteiger partial charge in [-0.25, -0.2) is 0 Å². The van der Waals surface area contributed by atoms with Gasteiger partial charge in [0.2, 0.25) is 5.91 Å². The molecule has 4 heteroatoms. The molecule has 108 valence electrons. The molecule has 2 heterocycles. The third-order valence-corrected chi connectivity index (χ3v) is 4.23. The minimum Gasteiger partial charge on any atom is -0.379 e. The van der Waals surface area contributed by atoms with Crippen LogP contribution in [-0.2, 0) is 16.0 Å². The highest BCUT2D eigenvalue weighted by atomic mass is 16.5. The molecule has 1 amide bonds. The summed E-state index contributed by atoms with van der Waals surface area (Å²) >= 11 is 0. The van der Waals surface area contributed by atoms with E-state index in [2.05, 4.69) is 23.6 Å². The summed E-state index contributed by atoms with van der Waals surface area (Å²) in [6, 6.07) is 8.07. The quantitative estimate of drug-likeness (QED) is 0.868. The molecule has 2 N–H and O–H groups in total. The molecular weight excluding hydrogens is 252 g/mol. The lowest BCUT2D eigenvalue weighted by molar-refractivity contribution is -0.125. The van der Waals surface area contributed by atoms with Crippen molar-refractivity contribution in [2.24, 2.45) is 0 Å². The van der Waals surface area contributed by atoms with Gasteiger partial charge in [0.05, 0.1) is 12.1 Å². The largest absolute Gasteiger partial charge is 0.379 e. The smallest absolute Gasteiger partial charge is 0.243 e. The van der Waals surface area contributed by atoms with Gasteiger partial charge in [-0.1, -0.05) is 18.2 Å². The second-order valence-electron chi connectivity index (χ2n) is 6.10. The van der Waals surface area contributed by atoms with Crippen molar-refractivity contribution in [2.45, 2.75) is 44.2 Å². The van der Waals surface area contributed by atoms with E-state index in [4.69, 9.17) is 4.74 Å². The minimum atomic E-state index is -0.214. The molecule has 1 fully saturated rings. The molecule has 0 bridgehead atoms. The fourth-order valence-electron chi connectivity index (χ4n) is 3.05. The van der Waals surface area contributed by atoms with Crippen molar-refractivity contribution in [3.63, 3.8) is 0 Å². The van der Waals surface area contributed by atoms with Gasteiger partial charge in [-0.3, -0.25) is 4.79 Å². The van der Waals surface area contributed by atoms with Crippen LogP contribution in [0, 0.1) is 0 Å². The second-order valence-corrected chi connectivity index (χ2v) is 6.10. The Morgan fingerprint density at radius 2 is 2.30 bits per heavy atom. The van der Waals surface area contributed by atoms with Gasteiger partial charge < -0.3 is 15.4 Å². The zero-order valence-electron chi connectivity index (χ0n) is 11.9. The number of aryl methyl sites for hydroxylation is 1. The average Bonchev–Trinajstić information content (AvgIpc) is 2.47. The number of benzene rings is 1. The number of carbonyl (C=O) groups is 1. The lowest BCUT2D eigenvalue weighted by atomic mass is 9.93. The highest BCUT2D eigenvalue weighted by molar-refractivity contribution is 5.86. The van der Waals surface area contributed by atoms with Crippen molar-refractivity contribution >= 4 is 11.6 Å². The van der Waals surface area contributed by atoms with Crippen LogP contribution in [0.25, 0.3) is 0 Å². The molecule has 3 rings (SSSR count). The van der Waals surface area contributed by atoms with E-state index in [-0.39, 0.29) is 17.5 Å². The van der Waals surface area contributed by atoms with E-state index in [0.717, 1.165) is 38.0 Å². The number of ether oxygens (including phenoxy) is 1. The molecule has 0 saturated carbocycles. The Kier molecular flexibility index (Phi) is 3.66. The van der Waals surface area contributed by atoms with Crippen molar-refractivity contribution in [1.29, 1.82) is 0 Å². The lowest BCUT2D eigenvalue weighted by Crippen LogP contribution is -2.55. The highest BCUT2D eigenvalue weighted by Gasteiger charge is 2.32. The molecule has 1 aromatic rings. The number of hydrogen-bond acceptors (Lipinski definition) is 3. The van der Waals surface area contributed by atoms with E-state index in [0.29, 0.717) is 6.61 Å². The zero-order valence-corrected chi connectivity index (χ0v) is 11.9. The molecular formula is C16H22N2O2. The maximum Gasteiger partial charge on any atom is 0.243 e. The van der Waals surface area contributed by atoms with E-state index in [1.165, 1.54) is 5.56 Å². The van der Waals surface area contributed by atoms with Crippen LogP contribution in [0.5, 0.6) is 0 Å². The van der Waals surface area contributed by atoms with Crippen molar-refractivity contribution in [3.8, 4) is 0 Å². The molecule has 1 aromatic carbocycles. The molecule has 4 nitrogen and oxygen atoms in total. The first kappa shape index (κ1) is 13.4. The van der Waals surface area contributed by atoms with Crippen LogP contribution in [0.3, 0.4) is 0 Å². The summed E-state index contributed by atoms with van der Waals surface area (Å²) in [6.45, 7) is 3.49. The van der Waals surface area contributed by atoms with Crippen LogP contribution in [0.1, 0.15) is 31.7 Å². The molecule has 1 saturated heterocycles. The van der Waals surface area contributed by atoms with E-state index >= 15 is 0 Å². The number of para-hydroxylation sites is 1. The Hall–Kier alpha value is -1.55. The summed E-state index contributed by atoms with van der Waals surface area (Å²) in [5.41, 5.74) is 2.17. The first-order valence-electron chi connectivity index (χ1n) is 7.41. The van der Waals surface area contributed by atoms with Gasteiger partial charge >= 0.3 is 0 Å². The summed E-state index contributed by atoms with van der Waals surface area (Å²) in [6.07, 6.45) is 3.80.